The van der Waals surface area contributed by atoms with E-state index in [1.54, 1.807) is 61.5 Å². The zero-order valence-corrected chi connectivity index (χ0v) is 20.0. The maximum atomic E-state index is 13.7. The van der Waals surface area contributed by atoms with E-state index in [2.05, 4.69) is 5.32 Å². The average molecular weight is 492 g/mol. The SMILES string of the molecule is Cc1cccc2c1C(=O)C(COC(=O)Cc1ccccc1)(COC(=O)Nc1ccccc1)CS2=O. The smallest absolute Gasteiger partial charge is 0.411 e. The van der Waals surface area contributed by atoms with Gasteiger partial charge in [-0.2, -0.15) is 0 Å². The molecular weight excluding hydrogens is 466 g/mol. The monoisotopic (exact) mass is 491 g/mol. The second-order valence-electron chi connectivity index (χ2n) is 8.44. The summed E-state index contributed by atoms with van der Waals surface area (Å²) in [6, 6.07) is 23.0. The van der Waals surface area contributed by atoms with E-state index in [0.717, 1.165) is 5.56 Å². The van der Waals surface area contributed by atoms with E-state index in [1.807, 2.05) is 24.3 Å². The standard InChI is InChI=1S/C27H25NO6S/c1-19-9-8-14-22-24(19)25(30)27(18-35(22)32,16-33-23(29)15-20-10-4-2-5-11-20)17-34-26(31)28-21-12-6-3-7-13-21/h2-14H,15-18H2,1H3,(H,28,31). The Morgan fingerprint density at radius 1 is 0.914 bits per heavy atom. The molecular formula is C27H25NO6S. The van der Waals surface area contributed by atoms with Crippen LogP contribution in [0.1, 0.15) is 21.5 Å². The van der Waals surface area contributed by atoms with E-state index >= 15 is 0 Å². The minimum absolute atomic E-state index is 0.0269. The Morgan fingerprint density at radius 2 is 1.57 bits per heavy atom. The third-order valence-corrected chi connectivity index (χ3v) is 7.44. The number of Topliss-reactive ketones (excluding diaryl/α,β-unsaturated/α-hetero) is 1. The fraction of sp³-hybridized carbons (Fsp3) is 0.222. The lowest BCUT2D eigenvalue weighted by Crippen LogP contribution is -2.49. The minimum Gasteiger partial charge on any atom is -0.464 e. The van der Waals surface area contributed by atoms with Crippen molar-refractivity contribution in [3.63, 3.8) is 0 Å². The van der Waals surface area contributed by atoms with Crippen LogP contribution in [0.15, 0.2) is 83.8 Å². The third kappa shape index (κ3) is 5.66. The topological polar surface area (TPSA) is 98.8 Å². The Bertz CT molecular complexity index is 1200. The quantitative estimate of drug-likeness (QED) is 0.494. The zero-order chi connectivity index (χ0) is 24.8. The molecule has 2 atom stereocenters. The number of anilines is 1. The molecule has 0 aromatic heterocycles. The largest absolute Gasteiger partial charge is 0.464 e. The number of rotatable bonds is 7. The molecule has 4 rings (SSSR count). The van der Waals surface area contributed by atoms with Gasteiger partial charge in [-0.1, -0.05) is 60.7 Å². The molecule has 8 heteroatoms. The number of hydrogen-bond donors (Lipinski definition) is 1. The van der Waals surface area contributed by atoms with Crippen molar-refractivity contribution in [2.45, 2.75) is 18.2 Å². The molecule has 1 aliphatic heterocycles. The van der Waals surface area contributed by atoms with Gasteiger partial charge in [0, 0.05) is 21.9 Å². The van der Waals surface area contributed by atoms with Crippen molar-refractivity contribution in [3.05, 3.63) is 95.6 Å². The molecule has 0 aliphatic carbocycles. The molecule has 0 spiro atoms. The lowest BCUT2D eigenvalue weighted by Gasteiger charge is -2.35. The number of hydrogen-bond acceptors (Lipinski definition) is 6. The van der Waals surface area contributed by atoms with E-state index in [0.29, 0.717) is 21.7 Å². The fourth-order valence-electron chi connectivity index (χ4n) is 3.95. The molecule has 1 heterocycles. The van der Waals surface area contributed by atoms with Crippen molar-refractivity contribution in [2.75, 3.05) is 24.3 Å². The molecule has 7 nitrogen and oxygen atoms in total. The van der Waals surface area contributed by atoms with Crippen LogP contribution in [-0.2, 0) is 31.5 Å². The van der Waals surface area contributed by atoms with Gasteiger partial charge in [0.05, 0.1) is 17.2 Å². The summed E-state index contributed by atoms with van der Waals surface area (Å²) in [7, 11) is -1.54. The fourth-order valence-corrected chi connectivity index (χ4v) is 5.62. The summed E-state index contributed by atoms with van der Waals surface area (Å²) >= 11 is 0. The maximum absolute atomic E-state index is 13.7. The number of para-hydroxylation sites is 1. The van der Waals surface area contributed by atoms with Gasteiger partial charge in [-0.15, -0.1) is 0 Å². The van der Waals surface area contributed by atoms with Crippen LogP contribution in [0.5, 0.6) is 0 Å². The molecule has 0 radical (unpaired) electrons. The van der Waals surface area contributed by atoms with Gasteiger partial charge in [-0.3, -0.25) is 19.1 Å². The number of ketones is 1. The first-order valence-electron chi connectivity index (χ1n) is 11.1. The van der Waals surface area contributed by atoms with Gasteiger partial charge in [0.25, 0.3) is 0 Å². The summed E-state index contributed by atoms with van der Waals surface area (Å²) in [5.41, 5.74) is 0.813. The number of aryl methyl sites for hydroxylation is 1. The van der Waals surface area contributed by atoms with E-state index in [9.17, 15) is 18.6 Å². The predicted molar refractivity (Wildman–Crippen MR) is 132 cm³/mol. The van der Waals surface area contributed by atoms with Gasteiger partial charge in [-0.25, -0.2) is 4.79 Å². The third-order valence-electron chi connectivity index (χ3n) is 5.80. The van der Waals surface area contributed by atoms with Crippen LogP contribution in [0.2, 0.25) is 0 Å². The second-order valence-corrected chi connectivity index (χ2v) is 9.86. The number of ether oxygens (including phenoxy) is 2. The van der Waals surface area contributed by atoms with E-state index in [4.69, 9.17) is 9.47 Å². The minimum atomic E-state index is -1.54. The van der Waals surface area contributed by atoms with Crippen LogP contribution in [0, 0.1) is 12.3 Å². The second kappa shape index (κ2) is 10.7. The first-order valence-corrected chi connectivity index (χ1v) is 12.4. The van der Waals surface area contributed by atoms with Gasteiger partial charge in [0.2, 0.25) is 0 Å². The summed E-state index contributed by atoms with van der Waals surface area (Å²) in [6.07, 6.45) is -0.737. The normalized spacial score (nSPS) is 18.9. The van der Waals surface area contributed by atoms with Crippen molar-refractivity contribution >= 4 is 34.3 Å². The highest BCUT2D eigenvalue weighted by Gasteiger charge is 2.48. The summed E-state index contributed by atoms with van der Waals surface area (Å²) < 4.78 is 24.1. The molecule has 3 aromatic rings. The molecule has 180 valence electrons. The first-order chi connectivity index (χ1) is 16.9. The first kappa shape index (κ1) is 24.3. The lowest BCUT2D eigenvalue weighted by molar-refractivity contribution is -0.145. The van der Waals surface area contributed by atoms with Crippen LogP contribution < -0.4 is 5.32 Å². The van der Waals surface area contributed by atoms with Crippen LogP contribution in [0.25, 0.3) is 0 Å². The highest BCUT2D eigenvalue weighted by atomic mass is 32.2. The molecule has 2 unspecified atom stereocenters. The summed E-state index contributed by atoms with van der Waals surface area (Å²) in [4.78, 5) is 39.1. The molecule has 0 bridgehead atoms. The average Bonchev–Trinajstić information content (AvgIpc) is 2.86. The Morgan fingerprint density at radius 3 is 2.29 bits per heavy atom. The Balaban J connectivity index is 1.55. The van der Waals surface area contributed by atoms with Crippen molar-refractivity contribution in [2.24, 2.45) is 5.41 Å². The van der Waals surface area contributed by atoms with Crippen molar-refractivity contribution in [3.8, 4) is 0 Å². The Hall–Kier alpha value is -3.78. The predicted octanol–water partition coefficient (Wildman–Crippen LogP) is 4.32. The molecule has 0 saturated heterocycles. The van der Waals surface area contributed by atoms with Crippen molar-refractivity contribution in [1.29, 1.82) is 0 Å². The van der Waals surface area contributed by atoms with Crippen molar-refractivity contribution < 1.29 is 28.1 Å². The highest BCUT2D eigenvalue weighted by molar-refractivity contribution is 7.85. The molecule has 1 N–H and O–H groups in total. The molecule has 35 heavy (non-hydrogen) atoms. The molecule has 1 aliphatic rings. The summed E-state index contributed by atoms with van der Waals surface area (Å²) in [6.45, 7) is 1.02. The van der Waals surface area contributed by atoms with Gasteiger partial charge in [-0.05, 0) is 36.2 Å². The van der Waals surface area contributed by atoms with Crippen LogP contribution >= 0.6 is 0 Å². The Kier molecular flexibility index (Phi) is 7.41. The lowest BCUT2D eigenvalue weighted by atomic mass is 9.81. The number of fused-ring (bicyclic) bond motifs is 1. The number of benzene rings is 3. The van der Waals surface area contributed by atoms with Crippen LogP contribution in [0.3, 0.4) is 0 Å². The number of amides is 1. The highest BCUT2D eigenvalue weighted by Crippen LogP contribution is 2.37. The number of esters is 1. The van der Waals surface area contributed by atoms with Crippen LogP contribution in [0.4, 0.5) is 10.5 Å². The van der Waals surface area contributed by atoms with Crippen LogP contribution in [-0.4, -0.2) is 41.0 Å². The van der Waals surface area contributed by atoms with Gasteiger partial charge < -0.3 is 9.47 Å². The van der Waals surface area contributed by atoms with Gasteiger partial charge >= 0.3 is 12.1 Å². The number of carbonyl (C=O) groups excluding carboxylic acids is 3. The molecule has 0 fully saturated rings. The zero-order valence-electron chi connectivity index (χ0n) is 19.2. The Labute approximate surface area is 205 Å². The molecule has 3 aromatic carbocycles. The van der Waals surface area contributed by atoms with Gasteiger partial charge in [0.15, 0.2) is 5.78 Å². The van der Waals surface area contributed by atoms with Gasteiger partial charge in [0.1, 0.15) is 18.6 Å². The summed E-state index contributed by atoms with van der Waals surface area (Å²) in [5, 5.41) is 2.60. The molecule has 0 saturated carbocycles. The van der Waals surface area contributed by atoms with E-state index < -0.39 is 28.3 Å². The summed E-state index contributed by atoms with van der Waals surface area (Å²) in [5.74, 6) is -1.01. The van der Waals surface area contributed by atoms with Crippen molar-refractivity contribution in [1.82, 2.24) is 0 Å². The maximum Gasteiger partial charge on any atom is 0.411 e. The van der Waals surface area contributed by atoms with E-state index in [1.165, 1.54) is 0 Å². The molecule has 1 amide bonds. The number of nitrogens with one attached hydrogen (secondary N) is 1. The number of carbonyl (C=O) groups is 3. The van der Waals surface area contributed by atoms with E-state index in [-0.39, 0.29) is 31.2 Å².